The lowest BCUT2D eigenvalue weighted by Crippen LogP contribution is -2.36. The summed E-state index contributed by atoms with van der Waals surface area (Å²) in [6.07, 6.45) is 2.42. The van der Waals surface area contributed by atoms with Gasteiger partial charge < -0.3 is 19.5 Å². The Morgan fingerprint density at radius 1 is 1.00 bits per heavy atom. The summed E-state index contributed by atoms with van der Waals surface area (Å²) >= 11 is 0. The van der Waals surface area contributed by atoms with Crippen LogP contribution in [0.15, 0.2) is 36.4 Å². The monoisotopic (exact) mass is 365 g/mol. The first-order valence-corrected chi connectivity index (χ1v) is 9.93. The maximum Gasteiger partial charge on any atom is 0.231 e. The van der Waals surface area contributed by atoms with Crippen LogP contribution >= 0.6 is 0 Å². The molecule has 0 bridgehead atoms. The van der Waals surface area contributed by atoms with E-state index in [1.54, 1.807) is 0 Å². The average molecular weight is 365 g/mol. The van der Waals surface area contributed by atoms with Crippen molar-refractivity contribution >= 4 is 5.69 Å². The van der Waals surface area contributed by atoms with Gasteiger partial charge in [-0.15, -0.1) is 0 Å². The molecule has 0 spiro atoms. The van der Waals surface area contributed by atoms with Crippen molar-refractivity contribution in [3.63, 3.8) is 0 Å². The van der Waals surface area contributed by atoms with Crippen LogP contribution in [0, 0.1) is 5.92 Å². The van der Waals surface area contributed by atoms with Crippen LogP contribution in [0.25, 0.3) is 0 Å². The molecule has 142 valence electrons. The third kappa shape index (κ3) is 2.87. The summed E-state index contributed by atoms with van der Waals surface area (Å²) in [5, 5.41) is 3.81. The van der Waals surface area contributed by atoms with Crippen LogP contribution in [0.2, 0.25) is 0 Å². The Bertz CT molecular complexity index is 870. The molecule has 0 radical (unpaired) electrons. The number of ether oxygens (including phenoxy) is 3. The second kappa shape index (κ2) is 6.16. The maximum atomic E-state index is 6.32. The van der Waals surface area contributed by atoms with E-state index < -0.39 is 0 Å². The van der Waals surface area contributed by atoms with Crippen LogP contribution in [-0.4, -0.2) is 13.4 Å². The molecule has 0 aliphatic carbocycles. The standard InChI is InChI=1S/C23H27NO3/c1-23(2,3)15-7-8-18-17(12-15)22-16(5-4-10-25-22)21(24-18)14-6-9-19-20(11-14)27-13-26-19/h6-9,11-12,16,21-22,24H,4-5,10,13H2,1-3H3/t16-,21-,22-/m0/s1. The summed E-state index contributed by atoms with van der Waals surface area (Å²) in [6.45, 7) is 7.94. The third-order valence-electron chi connectivity index (χ3n) is 6.09. The van der Waals surface area contributed by atoms with Crippen molar-refractivity contribution in [2.45, 2.75) is 51.2 Å². The molecule has 0 aromatic heterocycles. The summed E-state index contributed by atoms with van der Waals surface area (Å²) in [7, 11) is 0. The predicted molar refractivity (Wildman–Crippen MR) is 105 cm³/mol. The Balaban J connectivity index is 1.56. The molecule has 3 aliphatic rings. The van der Waals surface area contributed by atoms with Crippen LogP contribution in [0.1, 0.15) is 62.4 Å². The molecule has 1 N–H and O–H groups in total. The lowest BCUT2D eigenvalue weighted by Gasteiger charge is -2.44. The van der Waals surface area contributed by atoms with Crippen molar-refractivity contribution in [1.29, 1.82) is 0 Å². The van der Waals surface area contributed by atoms with Crippen LogP contribution in [0.5, 0.6) is 11.5 Å². The fourth-order valence-electron chi connectivity index (χ4n) is 4.57. The highest BCUT2D eigenvalue weighted by Gasteiger charge is 2.40. The maximum absolute atomic E-state index is 6.32. The Morgan fingerprint density at radius 2 is 1.85 bits per heavy atom. The first-order chi connectivity index (χ1) is 13.0. The van der Waals surface area contributed by atoms with Crippen LogP contribution in [-0.2, 0) is 10.2 Å². The van der Waals surface area contributed by atoms with E-state index in [9.17, 15) is 0 Å². The summed E-state index contributed by atoms with van der Waals surface area (Å²) in [4.78, 5) is 0. The molecule has 3 heterocycles. The van der Waals surface area contributed by atoms with Gasteiger partial charge in [-0.05, 0) is 47.6 Å². The van der Waals surface area contributed by atoms with Crippen molar-refractivity contribution in [2.24, 2.45) is 5.92 Å². The van der Waals surface area contributed by atoms with Crippen molar-refractivity contribution in [2.75, 3.05) is 18.7 Å². The molecule has 3 aliphatic heterocycles. The minimum absolute atomic E-state index is 0.132. The highest BCUT2D eigenvalue weighted by Crippen LogP contribution is 2.50. The summed E-state index contributed by atoms with van der Waals surface area (Å²) in [5.41, 5.74) is 5.23. The molecule has 2 aromatic carbocycles. The zero-order valence-corrected chi connectivity index (χ0v) is 16.2. The van der Waals surface area contributed by atoms with E-state index in [1.165, 1.54) is 22.4 Å². The van der Waals surface area contributed by atoms with E-state index in [2.05, 4.69) is 56.4 Å². The zero-order valence-electron chi connectivity index (χ0n) is 16.2. The SMILES string of the molecule is CC(C)(C)c1ccc2c(c1)[C@H]1OCCC[C@H]1[C@H](c1ccc3c(c1)OCO3)N2. The van der Waals surface area contributed by atoms with Gasteiger partial charge in [-0.1, -0.05) is 39.0 Å². The van der Waals surface area contributed by atoms with Crippen molar-refractivity contribution < 1.29 is 14.2 Å². The molecule has 27 heavy (non-hydrogen) atoms. The molecule has 0 unspecified atom stereocenters. The second-order valence-corrected chi connectivity index (χ2v) is 8.88. The number of hydrogen-bond acceptors (Lipinski definition) is 4. The van der Waals surface area contributed by atoms with E-state index in [0.717, 1.165) is 30.9 Å². The van der Waals surface area contributed by atoms with Gasteiger partial charge in [0.1, 0.15) is 0 Å². The Kier molecular flexibility index (Phi) is 3.87. The number of rotatable bonds is 1. The molecular formula is C23H27NO3. The van der Waals surface area contributed by atoms with Crippen LogP contribution < -0.4 is 14.8 Å². The first kappa shape index (κ1) is 16.9. The van der Waals surface area contributed by atoms with Gasteiger partial charge >= 0.3 is 0 Å². The van der Waals surface area contributed by atoms with E-state index >= 15 is 0 Å². The average Bonchev–Trinajstić information content (AvgIpc) is 3.14. The molecule has 3 atom stereocenters. The smallest absolute Gasteiger partial charge is 0.231 e. The molecule has 0 amide bonds. The Labute approximate surface area is 160 Å². The summed E-state index contributed by atoms with van der Waals surface area (Å²) < 4.78 is 17.4. The van der Waals surface area contributed by atoms with Crippen molar-refractivity contribution in [3.05, 3.63) is 53.1 Å². The van der Waals surface area contributed by atoms with E-state index in [1.807, 2.05) is 6.07 Å². The Hall–Kier alpha value is -2.20. The minimum atomic E-state index is 0.132. The Morgan fingerprint density at radius 3 is 2.70 bits per heavy atom. The molecular weight excluding hydrogens is 338 g/mol. The first-order valence-electron chi connectivity index (χ1n) is 9.93. The van der Waals surface area contributed by atoms with E-state index in [-0.39, 0.29) is 17.6 Å². The number of nitrogens with one attached hydrogen (secondary N) is 1. The fourth-order valence-corrected chi connectivity index (χ4v) is 4.57. The summed E-state index contributed by atoms with van der Waals surface area (Å²) in [6, 6.07) is 13.3. The molecule has 4 heteroatoms. The van der Waals surface area contributed by atoms with Gasteiger partial charge in [-0.3, -0.25) is 0 Å². The van der Waals surface area contributed by atoms with Crippen LogP contribution in [0.3, 0.4) is 0 Å². The molecule has 4 nitrogen and oxygen atoms in total. The zero-order chi connectivity index (χ0) is 18.6. The molecule has 1 saturated heterocycles. The molecule has 0 saturated carbocycles. The second-order valence-electron chi connectivity index (χ2n) is 8.88. The van der Waals surface area contributed by atoms with Crippen molar-refractivity contribution in [3.8, 4) is 11.5 Å². The van der Waals surface area contributed by atoms with Crippen molar-refractivity contribution in [1.82, 2.24) is 0 Å². The van der Waals surface area contributed by atoms with Gasteiger partial charge in [-0.2, -0.15) is 0 Å². The highest BCUT2D eigenvalue weighted by molar-refractivity contribution is 5.59. The van der Waals surface area contributed by atoms with Gasteiger partial charge in [-0.25, -0.2) is 0 Å². The van der Waals surface area contributed by atoms with Gasteiger partial charge in [0.05, 0.1) is 12.1 Å². The lowest BCUT2D eigenvalue weighted by atomic mass is 9.76. The van der Waals surface area contributed by atoms with Gasteiger partial charge in [0.15, 0.2) is 11.5 Å². The largest absolute Gasteiger partial charge is 0.454 e. The highest BCUT2D eigenvalue weighted by atomic mass is 16.7. The van der Waals surface area contributed by atoms with E-state index in [0.29, 0.717) is 12.7 Å². The normalized spacial score (nSPS) is 26.1. The third-order valence-corrected chi connectivity index (χ3v) is 6.09. The molecule has 5 rings (SSSR count). The quantitative estimate of drug-likeness (QED) is 0.740. The lowest BCUT2D eigenvalue weighted by molar-refractivity contribution is -0.0382. The summed E-state index contributed by atoms with van der Waals surface area (Å²) in [5.74, 6) is 2.10. The minimum Gasteiger partial charge on any atom is -0.454 e. The topological polar surface area (TPSA) is 39.7 Å². The fraction of sp³-hybridized carbons (Fsp3) is 0.478. The van der Waals surface area contributed by atoms with Crippen LogP contribution in [0.4, 0.5) is 5.69 Å². The van der Waals surface area contributed by atoms with Gasteiger partial charge in [0.25, 0.3) is 0 Å². The number of fused-ring (bicyclic) bond motifs is 4. The van der Waals surface area contributed by atoms with Gasteiger partial charge in [0, 0.05) is 23.8 Å². The van der Waals surface area contributed by atoms with E-state index in [4.69, 9.17) is 14.2 Å². The number of benzene rings is 2. The molecule has 1 fully saturated rings. The predicted octanol–water partition coefficient (Wildman–Crippen LogP) is 5.35. The molecule has 2 aromatic rings. The number of anilines is 1. The number of hydrogen-bond donors (Lipinski definition) is 1. The van der Waals surface area contributed by atoms with Gasteiger partial charge in [0.2, 0.25) is 6.79 Å².